The summed E-state index contributed by atoms with van der Waals surface area (Å²) in [5, 5.41) is 0.122. The van der Waals surface area contributed by atoms with Crippen molar-refractivity contribution in [1.29, 1.82) is 0 Å². The highest BCUT2D eigenvalue weighted by Gasteiger charge is 2.31. The van der Waals surface area contributed by atoms with E-state index in [2.05, 4.69) is 17.0 Å². The topological polar surface area (TPSA) is 38.8 Å². The second-order valence-electron chi connectivity index (χ2n) is 6.90. The number of ether oxygens (including phenoxy) is 2. The van der Waals surface area contributed by atoms with E-state index < -0.39 is 0 Å². The van der Waals surface area contributed by atoms with Gasteiger partial charge in [-0.25, -0.2) is 0 Å². The third-order valence-electron chi connectivity index (χ3n) is 5.30. The van der Waals surface area contributed by atoms with Crippen molar-refractivity contribution in [1.82, 2.24) is 4.90 Å². The van der Waals surface area contributed by atoms with Crippen LogP contribution in [0.25, 0.3) is 0 Å². The van der Waals surface area contributed by atoms with E-state index in [1.807, 2.05) is 17.8 Å². The summed E-state index contributed by atoms with van der Waals surface area (Å²) < 4.78 is 11.3. The molecule has 1 unspecified atom stereocenters. The van der Waals surface area contributed by atoms with E-state index in [0.29, 0.717) is 25.5 Å². The summed E-state index contributed by atoms with van der Waals surface area (Å²) in [7, 11) is 0. The first kappa shape index (κ1) is 16.1. The molecular formula is C19H25NO3S. The average molecular weight is 347 g/mol. The molecule has 1 aromatic carbocycles. The molecule has 2 fully saturated rings. The first-order valence-electron chi connectivity index (χ1n) is 9.12. The van der Waals surface area contributed by atoms with Crippen LogP contribution >= 0.6 is 11.8 Å². The lowest BCUT2D eigenvalue weighted by Gasteiger charge is -2.26. The minimum absolute atomic E-state index is 0.122. The van der Waals surface area contributed by atoms with Gasteiger partial charge in [0.2, 0.25) is 5.91 Å². The number of nitrogens with zero attached hydrogens (tertiary/aromatic N) is 1. The third kappa shape index (κ3) is 3.37. The van der Waals surface area contributed by atoms with Gasteiger partial charge in [-0.3, -0.25) is 4.79 Å². The summed E-state index contributed by atoms with van der Waals surface area (Å²) in [5.74, 6) is 3.72. The molecule has 0 spiro atoms. The minimum Gasteiger partial charge on any atom is -0.486 e. The number of hydrogen-bond acceptors (Lipinski definition) is 4. The quantitative estimate of drug-likeness (QED) is 0.825. The van der Waals surface area contributed by atoms with Gasteiger partial charge < -0.3 is 14.4 Å². The van der Waals surface area contributed by atoms with Crippen molar-refractivity contribution in [2.45, 2.75) is 43.9 Å². The molecule has 1 saturated heterocycles. The maximum Gasteiger partial charge on any atom is 0.223 e. The van der Waals surface area contributed by atoms with Gasteiger partial charge in [0, 0.05) is 18.7 Å². The van der Waals surface area contributed by atoms with Crippen LogP contribution in [0, 0.1) is 5.92 Å². The lowest BCUT2D eigenvalue weighted by atomic mass is 10.0. The summed E-state index contributed by atoms with van der Waals surface area (Å²) in [6.07, 6.45) is 7.08. The molecule has 0 radical (unpaired) electrons. The molecule has 130 valence electrons. The monoisotopic (exact) mass is 347 g/mol. The Kier molecular flexibility index (Phi) is 4.88. The summed E-state index contributed by atoms with van der Waals surface area (Å²) in [6, 6.07) is 6.10. The maximum absolute atomic E-state index is 12.7. The fourth-order valence-electron chi connectivity index (χ4n) is 3.99. The van der Waals surface area contributed by atoms with Crippen molar-refractivity contribution in [2.75, 3.05) is 25.5 Å². The lowest BCUT2D eigenvalue weighted by molar-refractivity contribution is -0.131. The van der Waals surface area contributed by atoms with Gasteiger partial charge in [-0.2, -0.15) is 0 Å². The predicted octanol–water partition coefficient (Wildman–Crippen LogP) is 4.00. The Morgan fingerprint density at radius 1 is 1.17 bits per heavy atom. The number of carbonyl (C=O) groups is 1. The second-order valence-corrected chi connectivity index (χ2v) is 8.09. The van der Waals surface area contributed by atoms with Crippen LogP contribution in [0.4, 0.5) is 0 Å². The van der Waals surface area contributed by atoms with Crippen molar-refractivity contribution in [3.8, 4) is 11.5 Å². The first-order chi connectivity index (χ1) is 11.8. The molecule has 0 aromatic heterocycles. The maximum atomic E-state index is 12.7. The Hall–Kier alpha value is -1.36. The molecule has 4 rings (SSSR count). The summed E-state index contributed by atoms with van der Waals surface area (Å²) in [5.41, 5.74) is 1.15. The van der Waals surface area contributed by atoms with Crippen molar-refractivity contribution < 1.29 is 14.3 Å². The molecular weight excluding hydrogens is 322 g/mol. The number of carbonyl (C=O) groups excluding carboxylic acids is 1. The number of rotatable bonds is 4. The molecule has 1 amide bonds. The Labute approximate surface area is 147 Å². The van der Waals surface area contributed by atoms with E-state index in [0.717, 1.165) is 41.7 Å². The molecule has 1 saturated carbocycles. The van der Waals surface area contributed by atoms with E-state index in [9.17, 15) is 4.79 Å². The molecule has 24 heavy (non-hydrogen) atoms. The highest BCUT2D eigenvalue weighted by molar-refractivity contribution is 7.99. The van der Waals surface area contributed by atoms with Crippen molar-refractivity contribution in [3.05, 3.63) is 23.8 Å². The van der Waals surface area contributed by atoms with Gasteiger partial charge in [0.15, 0.2) is 11.5 Å². The van der Waals surface area contributed by atoms with E-state index in [4.69, 9.17) is 9.47 Å². The average Bonchev–Trinajstić information content (AvgIpc) is 3.31. The molecule has 2 aliphatic heterocycles. The lowest BCUT2D eigenvalue weighted by Crippen LogP contribution is -2.30. The predicted molar refractivity (Wildman–Crippen MR) is 95.5 cm³/mol. The normalized spacial score (nSPS) is 23.7. The van der Waals surface area contributed by atoms with Gasteiger partial charge in [0.1, 0.15) is 18.6 Å². The zero-order valence-corrected chi connectivity index (χ0v) is 14.9. The molecule has 3 aliphatic rings. The van der Waals surface area contributed by atoms with E-state index in [-0.39, 0.29) is 5.37 Å². The smallest absolute Gasteiger partial charge is 0.223 e. The van der Waals surface area contributed by atoms with Crippen LogP contribution in [0.3, 0.4) is 0 Å². The van der Waals surface area contributed by atoms with Crippen molar-refractivity contribution in [3.63, 3.8) is 0 Å². The number of fused-ring (bicyclic) bond motifs is 1. The number of hydrogen-bond donors (Lipinski definition) is 0. The van der Waals surface area contributed by atoms with Gasteiger partial charge in [-0.05, 0) is 30.0 Å². The summed E-state index contributed by atoms with van der Waals surface area (Å²) in [6.45, 7) is 2.06. The SMILES string of the molecule is O=C(CCC1CCCC1)N1CCSC1c1ccc2c(c1)OCCO2. The zero-order valence-electron chi connectivity index (χ0n) is 14.0. The summed E-state index contributed by atoms with van der Waals surface area (Å²) >= 11 is 1.85. The molecule has 1 aromatic rings. The first-order valence-corrected chi connectivity index (χ1v) is 10.2. The number of benzene rings is 1. The van der Waals surface area contributed by atoms with Gasteiger partial charge >= 0.3 is 0 Å². The standard InChI is InChI=1S/C19H25NO3S/c21-18(8-5-14-3-1-2-4-14)20-9-12-24-19(20)15-6-7-16-17(13-15)23-11-10-22-16/h6-7,13-14,19H,1-5,8-12H2. The molecule has 0 N–H and O–H groups in total. The fraction of sp³-hybridized carbons (Fsp3) is 0.632. The van der Waals surface area contributed by atoms with Crippen LogP contribution in [0.2, 0.25) is 0 Å². The second kappa shape index (κ2) is 7.26. The fourth-order valence-corrected chi connectivity index (χ4v) is 5.25. The molecule has 5 heteroatoms. The van der Waals surface area contributed by atoms with Gasteiger partial charge in [-0.1, -0.05) is 31.7 Å². The molecule has 0 bridgehead atoms. The largest absolute Gasteiger partial charge is 0.486 e. The van der Waals surface area contributed by atoms with Crippen LogP contribution in [0.5, 0.6) is 11.5 Å². The summed E-state index contributed by atoms with van der Waals surface area (Å²) in [4.78, 5) is 14.8. The number of thioether (sulfide) groups is 1. The highest BCUT2D eigenvalue weighted by Crippen LogP contribution is 2.42. The Morgan fingerprint density at radius 3 is 2.79 bits per heavy atom. The molecule has 1 aliphatic carbocycles. The number of amides is 1. The Morgan fingerprint density at radius 2 is 1.96 bits per heavy atom. The van der Waals surface area contributed by atoms with Gasteiger partial charge in [0.25, 0.3) is 0 Å². The Balaban J connectivity index is 1.43. The van der Waals surface area contributed by atoms with E-state index in [1.54, 1.807) is 0 Å². The van der Waals surface area contributed by atoms with Crippen LogP contribution in [0.15, 0.2) is 18.2 Å². The van der Waals surface area contributed by atoms with E-state index in [1.165, 1.54) is 25.7 Å². The van der Waals surface area contributed by atoms with Crippen molar-refractivity contribution >= 4 is 17.7 Å². The zero-order chi connectivity index (χ0) is 16.4. The van der Waals surface area contributed by atoms with Crippen LogP contribution in [-0.4, -0.2) is 36.3 Å². The highest BCUT2D eigenvalue weighted by atomic mass is 32.2. The van der Waals surface area contributed by atoms with Gasteiger partial charge in [0.05, 0.1) is 0 Å². The van der Waals surface area contributed by atoms with Crippen LogP contribution in [0.1, 0.15) is 49.5 Å². The molecule has 4 nitrogen and oxygen atoms in total. The van der Waals surface area contributed by atoms with E-state index >= 15 is 0 Å². The van der Waals surface area contributed by atoms with Crippen LogP contribution in [-0.2, 0) is 4.79 Å². The Bertz CT molecular complexity index is 600. The molecule has 2 heterocycles. The van der Waals surface area contributed by atoms with Gasteiger partial charge in [-0.15, -0.1) is 11.8 Å². The van der Waals surface area contributed by atoms with Crippen molar-refractivity contribution in [2.24, 2.45) is 5.92 Å². The third-order valence-corrected chi connectivity index (χ3v) is 6.56. The minimum atomic E-state index is 0.122. The van der Waals surface area contributed by atoms with Crippen LogP contribution < -0.4 is 9.47 Å². The molecule has 1 atom stereocenters.